The molecular weight excluding hydrogens is 358 g/mol. The molecule has 6 nitrogen and oxygen atoms in total. The van der Waals surface area contributed by atoms with Gasteiger partial charge in [-0.3, -0.25) is 4.79 Å². The number of amides is 1. The molecule has 0 fully saturated rings. The Morgan fingerprint density at radius 1 is 1.29 bits per heavy atom. The fraction of sp³-hybridized carbons (Fsp3) is 0.154. The number of aromatic nitrogens is 1. The highest BCUT2D eigenvalue weighted by Crippen LogP contribution is 2.19. The predicted octanol–water partition coefficient (Wildman–Crippen LogP) is 2.28. The lowest BCUT2D eigenvalue weighted by molar-refractivity contribution is 0.102. The Morgan fingerprint density at radius 3 is 2.57 bits per heavy atom. The Kier molecular flexibility index (Phi) is 4.50. The summed E-state index contributed by atoms with van der Waals surface area (Å²) in [6.45, 7) is 0. The summed E-state index contributed by atoms with van der Waals surface area (Å²) >= 11 is 3.24. The van der Waals surface area contributed by atoms with Crippen LogP contribution in [-0.2, 0) is 10.0 Å². The van der Waals surface area contributed by atoms with Gasteiger partial charge in [-0.2, -0.15) is 0 Å². The lowest BCUT2D eigenvalue weighted by Crippen LogP contribution is -2.22. The number of H-pyrrole nitrogens is 1. The van der Waals surface area contributed by atoms with Crippen molar-refractivity contribution in [3.05, 3.63) is 46.7 Å². The van der Waals surface area contributed by atoms with Crippen LogP contribution in [0.5, 0.6) is 0 Å². The predicted molar refractivity (Wildman–Crippen MR) is 83.8 cm³/mol. The molecule has 0 spiro atoms. The Hall–Kier alpha value is -1.64. The third-order valence-corrected chi connectivity index (χ3v) is 5.03. The molecule has 0 aliphatic heterocycles. The molecule has 1 aromatic carbocycles. The summed E-state index contributed by atoms with van der Waals surface area (Å²) in [5, 5.41) is 2.65. The number of aromatic amines is 1. The van der Waals surface area contributed by atoms with Gasteiger partial charge in [-0.15, -0.1) is 0 Å². The smallest absolute Gasteiger partial charge is 0.272 e. The van der Waals surface area contributed by atoms with E-state index >= 15 is 0 Å². The van der Waals surface area contributed by atoms with E-state index in [1.165, 1.54) is 26.2 Å². The van der Waals surface area contributed by atoms with E-state index in [4.69, 9.17) is 0 Å². The van der Waals surface area contributed by atoms with E-state index in [0.717, 1.165) is 8.78 Å². The standard InChI is InChI=1S/C13H14BrN3O3S/c1-17(2)21(19,20)11-5-3-4-10(7-11)16-13(18)12-6-9(14)8-15-12/h3-8,15H,1-2H3,(H,16,18). The van der Waals surface area contributed by atoms with Gasteiger partial charge in [0.15, 0.2) is 0 Å². The van der Waals surface area contributed by atoms with Gasteiger partial charge in [-0.25, -0.2) is 12.7 Å². The maximum Gasteiger partial charge on any atom is 0.272 e. The van der Waals surface area contributed by atoms with Crippen LogP contribution in [0.2, 0.25) is 0 Å². The van der Waals surface area contributed by atoms with Crippen LogP contribution in [0.25, 0.3) is 0 Å². The molecule has 0 aliphatic rings. The van der Waals surface area contributed by atoms with Crippen LogP contribution in [0, 0.1) is 0 Å². The fourth-order valence-electron chi connectivity index (χ4n) is 1.64. The molecule has 2 N–H and O–H groups in total. The van der Waals surface area contributed by atoms with Gasteiger partial charge in [0, 0.05) is 30.5 Å². The van der Waals surface area contributed by atoms with Crippen LogP contribution in [0.3, 0.4) is 0 Å². The van der Waals surface area contributed by atoms with Gasteiger partial charge in [0.1, 0.15) is 5.69 Å². The summed E-state index contributed by atoms with van der Waals surface area (Å²) in [5.41, 5.74) is 0.788. The third kappa shape index (κ3) is 3.52. The number of rotatable bonds is 4. The largest absolute Gasteiger partial charge is 0.356 e. The summed E-state index contributed by atoms with van der Waals surface area (Å²) in [6, 6.07) is 7.75. The lowest BCUT2D eigenvalue weighted by atomic mass is 10.3. The molecule has 0 aliphatic carbocycles. The summed E-state index contributed by atoms with van der Waals surface area (Å²) in [5.74, 6) is -0.347. The Bertz CT molecular complexity index is 768. The number of hydrogen-bond donors (Lipinski definition) is 2. The van der Waals surface area contributed by atoms with Crippen molar-refractivity contribution in [2.24, 2.45) is 0 Å². The zero-order chi connectivity index (χ0) is 15.6. The average molecular weight is 372 g/mol. The van der Waals surface area contributed by atoms with Gasteiger partial charge in [0.05, 0.1) is 4.90 Å². The number of nitrogens with zero attached hydrogens (tertiary/aromatic N) is 1. The number of halogens is 1. The SMILES string of the molecule is CN(C)S(=O)(=O)c1cccc(NC(=O)c2cc(Br)c[nH]2)c1. The minimum Gasteiger partial charge on any atom is -0.356 e. The average Bonchev–Trinajstić information content (AvgIpc) is 2.85. The molecule has 1 aromatic heterocycles. The molecule has 0 atom stereocenters. The van der Waals surface area contributed by atoms with Gasteiger partial charge in [0.2, 0.25) is 10.0 Å². The van der Waals surface area contributed by atoms with Crippen molar-refractivity contribution in [1.29, 1.82) is 0 Å². The first kappa shape index (κ1) is 15.7. The second kappa shape index (κ2) is 6.00. The maximum atomic E-state index is 12.0. The summed E-state index contributed by atoms with van der Waals surface area (Å²) in [4.78, 5) is 14.9. The number of benzene rings is 1. The number of carbonyl (C=O) groups excluding carboxylic acids is 1. The number of anilines is 1. The van der Waals surface area contributed by atoms with Gasteiger partial charge in [-0.1, -0.05) is 6.07 Å². The molecule has 0 bridgehead atoms. The maximum absolute atomic E-state index is 12.0. The highest BCUT2D eigenvalue weighted by atomic mass is 79.9. The van der Waals surface area contributed by atoms with Crippen LogP contribution in [-0.4, -0.2) is 37.7 Å². The van der Waals surface area contributed by atoms with E-state index in [1.807, 2.05) is 0 Å². The van der Waals surface area contributed by atoms with Crippen molar-refractivity contribution < 1.29 is 13.2 Å². The normalized spacial score (nSPS) is 11.6. The van der Waals surface area contributed by atoms with E-state index in [0.29, 0.717) is 11.4 Å². The third-order valence-electron chi connectivity index (χ3n) is 2.76. The first-order valence-corrected chi connectivity index (χ1v) is 8.22. The molecule has 0 radical (unpaired) electrons. The molecule has 8 heteroatoms. The minimum absolute atomic E-state index is 0.123. The van der Waals surface area contributed by atoms with Gasteiger partial charge in [0.25, 0.3) is 5.91 Å². The van der Waals surface area contributed by atoms with Gasteiger partial charge >= 0.3 is 0 Å². The van der Waals surface area contributed by atoms with E-state index in [-0.39, 0.29) is 10.8 Å². The lowest BCUT2D eigenvalue weighted by Gasteiger charge is -2.12. The van der Waals surface area contributed by atoms with Crippen LogP contribution in [0.4, 0.5) is 5.69 Å². The van der Waals surface area contributed by atoms with E-state index < -0.39 is 10.0 Å². The first-order valence-electron chi connectivity index (χ1n) is 5.98. The van der Waals surface area contributed by atoms with E-state index in [2.05, 4.69) is 26.2 Å². The minimum atomic E-state index is -3.53. The van der Waals surface area contributed by atoms with Crippen molar-refractivity contribution in [1.82, 2.24) is 9.29 Å². The zero-order valence-electron chi connectivity index (χ0n) is 11.4. The van der Waals surface area contributed by atoms with Gasteiger partial charge in [-0.05, 0) is 40.2 Å². The van der Waals surface area contributed by atoms with Crippen LogP contribution in [0.15, 0.2) is 45.9 Å². The molecule has 2 rings (SSSR count). The van der Waals surface area contributed by atoms with Crippen LogP contribution < -0.4 is 5.32 Å². The van der Waals surface area contributed by atoms with Crippen LogP contribution >= 0.6 is 15.9 Å². The quantitative estimate of drug-likeness (QED) is 0.864. The molecule has 2 aromatic rings. The van der Waals surface area contributed by atoms with Crippen molar-refractivity contribution in [3.8, 4) is 0 Å². The summed E-state index contributed by atoms with van der Waals surface area (Å²) in [7, 11) is -0.618. The van der Waals surface area contributed by atoms with E-state index in [9.17, 15) is 13.2 Å². The van der Waals surface area contributed by atoms with Gasteiger partial charge < -0.3 is 10.3 Å². The number of sulfonamides is 1. The van der Waals surface area contributed by atoms with Crippen LogP contribution in [0.1, 0.15) is 10.5 Å². The first-order chi connectivity index (χ1) is 9.80. The molecule has 1 amide bonds. The van der Waals surface area contributed by atoms with Crippen molar-refractivity contribution in [2.45, 2.75) is 4.90 Å². The highest BCUT2D eigenvalue weighted by Gasteiger charge is 2.18. The molecule has 0 saturated heterocycles. The fourth-order valence-corrected chi connectivity index (χ4v) is 2.93. The summed E-state index contributed by atoms with van der Waals surface area (Å²) < 4.78 is 26.0. The molecule has 112 valence electrons. The number of carbonyl (C=O) groups is 1. The summed E-state index contributed by atoms with van der Waals surface area (Å²) in [6.07, 6.45) is 1.64. The highest BCUT2D eigenvalue weighted by molar-refractivity contribution is 9.10. The second-order valence-corrected chi connectivity index (χ2v) is 7.57. The Balaban J connectivity index is 2.25. The molecule has 0 unspecified atom stereocenters. The zero-order valence-corrected chi connectivity index (χ0v) is 13.8. The Morgan fingerprint density at radius 2 is 2.00 bits per heavy atom. The monoisotopic (exact) mass is 371 g/mol. The number of nitrogens with one attached hydrogen (secondary N) is 2. The second-order valence-electron chi connectivity index (χ2n) is 4.50. The van der Waals surface area contributed by atoms with E-state index in [1.54, 1.807) is 24.4 Å². The Labute approximate surface area is 131 Å². The number of hydrogen-bond acceptors (Lipinski definition) is 3. The van der Waals surface area contributed by atoms with Crippen molar-refractivity contribution in [3.63, 3.8) is 0 Å². The van der Waals surface area contributed by atoms with Crippen molar-refractivity contribution >= 4 is 37.5 Å². The molecule has 21 heavy (non-hydrogen) atoms. The molecule has 0 saturated carbocycles. The molecule has 1 heterocycles. The molecular formula is C13H14BrN3O3S. The van der Waals surface area contributed by atoms with Crippen molar-refractivity contribution in [2.75, 3.05) is 19.4 Å². The topological polar surface area (TPSA) is 82.3 Å².